The molecule has 2 unspecified atom stereocenters. The van der Waals surface area contributed by atoms with Gasteiger partial charge in [-0.15, -0.1) is 0 Å². The standard InChI is InChI=1S/C10H9N3/c11-5-8-2-1-3-9(6-12)10(4-8)7-13/h4,9-10H,1-3H2. The van der Waals surface area contributed by atoms with E-state index in [4.69, 9.17) is 15.8 Å². The molecule has 0 aromatic carbocycles. The van der Waals surface area contributed by atoms with E-state index in [-0.39, 0.29) is 5.92 Å². The number of nitrogens with zero attached hydrogens (tertiary/aromatic N) is 3. The third kappa shape index (κ3) is 2.08. The van der Waals surface area contributed by atoms with Crippen molar-refractivity contribution in [3.05, 3.63) is 11.6 Å². The molecule has 0 saturated carbocycles. The van der Waals surface area contributed by atoms with Crippen molar-refractivity contribution in [2.24, 2.45) is 11.8 Å². The van der Waals surface area contributed by atoms with Crippen molar-refractivity contribution >= 4 is 0 Å². The lowest BCUT2D eigenvalue weighted by Gasteiger charge is -2.06. The minimum absolute atomic E-state index is 0.240. The predicted octanol–water partition coefficient (Wildman–Crippen LogP) is 1.90. The maximum atomic E-state index is 8.78. The SMILES string of the molecule is N#CC1=CC(C#N)C(C#N)CCC1. The van der Waals surface area contributed by atoms with Crippen LogP contribution in [0.15, 0.2) is 11.6 Å². The molecule has 2 atom stereocenters. The third-order valence-corrected chi connectivity index (χ3v) is 2.23. The van der Waals surface area contributed by atoms with Crippen LogP contribution < -0.4 is 0 Å². The van der Waals surface area contributed by atoms with E-state index in [0.717, 1.165) is 12.8 Å². The quantitative estimate of drug-likeness (QED) is 0.558. The molecule has 0 N–H and O–H groups in total. The van der Waals surface area contributed by atoms with E-state index in [9.17, 15) is 0 Å². The summed E-state index contributed by atoms with van der Waals surface area (Å²) in [5.74, 6) is -0.641. The van der Waals surface area contributed by atoms with Crippen LogP contribution in [0.5, 0.6) is 0 Å². The van der Waals surface area contributed by atoms with Crippen LogP contribution in [0.4, 0.5) is 0 Å². The van der Waals surface area contributed by atoms with Crippen LogP contribution >= 0.6 is 0 Å². The fourth-order valence-corrected chi connectivity index (χ4v) is 1.47. The maximum absolute atomic E-state index is 8.78. The molecule has 1 aliphatic rings. The average Bonchev–Trinajstić information content (AvgIpc) is 2.38. The summed E-state index contributed by atoms with van der Waals surface area (Å²) in [6.45, 7) is 0. The van der Waals surface area contributed by atoms with Crippen molar-refractivity contribution in [2.45, 2.75) is 19.3 Å². The van der Waals surface area contributed by atoms with Crippen LogP contribution in [0.25, 0.3) is 0 Å². The molecule has 0 heterocycles. The molecular formula is C10H9N3. The Morgan fingerprint density at radius 2 is 2.00 bits per heavy atom. The molecule has 0 spiro atoms. The average molecular weight is 171 g/mol. The number of allylic oxidation sites excluding steroid dienone is 2. The monoisotopic (exact) mass is 171 g/mol. The van der Waals surface area contributed by atoms with Gasteiger partial charge in [0.2, 0.25) is 0 Å². The molecule has 3 heteroatoms. The zero-order valence-corrected chi connectivity index (χ0v) is 7.20. The van der Waals surface area contributed by atoms with Crippen molar-refractivity contribution in [2.75, 3.05) is 0 Å². The second-order valence-corrected chi connectivity index (χ2v) is 3.09. The number of rotatable bonds is 0. The molecule has 64 valence electrons. The van der Waals surface area contributed by atoms with Gasteiger partial charge in [-0.3, -0.25) is 0 Å². The van der Waals surface area contributed by atoms with Gasteiger partial charge >= 0.3 is 0 Å². The van der Waals surface area contributed by atoms with Crippen LogP contribution in [0.3, 0.4) is 0 Å². The smallest absolute Gasteiger partial charge is 0.0944 e. The van der Waals surface area contributed by atoms with E-state index in [0.29, 0.717) is 12.0 Å². The summed E-state index contributed by atoms with van der Waals surface area (Å²) in [6.07, 6.45) is 3.89. The maximum Gasteiger partial charge on any atom is 0.0944 e. The van der Waals surface area contributed by atoms with Crippen molar-refractivity contribution in [3.63, 3.8) is 0 Å². The van der Waals surface area contributed by atoms with Crippen LogP contribution in [0.1, 0.15) is 19.3 Å². The molecule has 0 aromatic rings. The largest absolute Gasteiger partial charge is 0.198 e. The van der Waals surface area contributed by atoms with Gasteiger partial charge in [0.1, 0.15) is 0 Å². The molecule has 0 aromatic heterocycles. The van der Waals surface area contributed by atoms with Gasteiger partial charge in [0, 0.05) is 5.57 Å². The lowest BCUT2D eigenvalue weighted by atomic mass is 9.92. The summed E-state index contributed by atoms with van der Waals surface area (Å²) in [4.78, 5) is 0. The van der Waals surface area contributed by atoms with Crippen LogP contribution in [-0.2, 0) is 0 Å². The zero-order chi connectivity index (χ0) is 9.68. The van der Waals surface area contributed by atoms with Gasteiger partial charge in [0.05, 0.1) is 30.0 Å². The van der Waals surface area contributed by atoms with Gasteiger partial charge in [-0.2, -0.15) is 15.8 Å². The van der Waals surface area contributed by atoms with Crippen LogP contribution in [-0.4, -0.2) is 0 Å². The first-order chi connectivity index (χ1) is 6.31. The van der Waals surface area contributed by atoms with Crippen molar-refractivity contribution in [1.29, 1.82) is 15.8 Å². The molecule has 0 bridgehead atoms. The highest BCUT2D eigenvalue weighted by atomic mass is 14.4. The van der Waals surface area contributed by atoms with Gasteiger partial charge < -0.3 is 0 Å². The molecule has 13 heavy (non-hydrogen) atoms. The summed E-state index contributed by atoms with van der Waals surface area (Å²) < 4.78 is 0. The van der Waals surface area contributed by atoms with E-state index in [1.807, 2.05) is 0 Å². The second-order valence-electron chi connectivity index (χ2n) is 3.09. The zero-order valence-electron chi connectivity index (χ0n) is 7.20. The summed E-state index contributed by atoms with van der Waals surface area (Å²) in [5, 5.41) is 26.2. The minimum Gasteiger partial charge on any atom is -0.198 e. The highest BCUT2D eigenvalue weighted by Crippen LogP contribution is 2.26. The Morgan fingerprint density at radius 3 is 2.54 bits per heavy atom. The predicted molar refractivity (Wildman–Crippen MR) is 45.8 cm³/mol. The summed E-state index contributed by atoms with van der Waals surface area (Å²) in [7, 11) is 0. The molecule has 0 amide bonds. The second kappa shape index (κ2) is 4.29. The van der Waals surface area contributed by atoms with E-state index in [1.54, 1.807) is 6.08 Å². The number of hydrogen-bond donors (Lipinski definition) is 0. The Bertz CT molecular complexity index is 335. The fourth-order valence-electron chi connectivity index (χ4n) is 1.47. The van der Waals surface area contributed by atoms with Crippen molar-refractivity contribution in [1.82, 2.24) is 0 Å². The lowest BCUT2D eigenvalue weighted by Crippen LogP contribution is -2.07. The van der Waals surface area contributed by atoms with Gasteiger partial charge in [0.15, 0.2) is 0 Å². The first kappa shape index (κ1) is 9.30. The highest BCUT2D eigenvalue weighted by molar-refractivity contribution is 5.26. The van der Waals surface area contributed by atoms with E-state index < -0.39 is 5.92 Å². The molecule has 0 aliphatic heterocycles. The van der Waals surface area contributed by atoms with Gasteiger partial charge in [0.25, 0.3) is 0 Å². The molecule has 0 saturated heterocycles. The molecule has 0 fully saturated rings. The summed E-state index contributed by atoms with van der Waals surface area (Å²) >= 11 is 0. The molecular weight excluding hydrogens is 162 g/mol. The van der Waals surface area contributed by atoms with E-state index >= 15 is 0 Å². The van der Waals surface area contributed by atoms with E-state index in [1.165, 1.54) is 0 Å². The van der Waals surface area contributed by atoms with Crippen LogP contribution in [0, 0.1) is 45.8 Å². The Morgan fingerprint density at radius 1 is 1.23 bits per heavy atom. The third-order valence-electron chi connectivity index (χ3n) is 2.23. The Kier molecular flexibility index (Phi) is 3.07. The first-order valence-electron chi connectivity index (χ1n) is 4.22. The van der Waals surface area contributed by atoms with Gasteiger partial charge in [-0.1, -0.05) is 6.08 Å². The summed E-state index contributed by atoms with van der Waals surface area (Å²) in [5.41, 5.74) is 0.643. The van der Waals surface area contributed by atoms with Crippen molar-refractivity contribution < 1.29 is 0 Å². The molecule has 1 aliphatic carbocycles. The topological polar surface area (TPSA) is 71.4 Å². The van der Waals surface area contributed by atoms with Crippen molar-refractivity contribution in [3.8, 4) is 18.2 Å². The number of nitriles is 3. The van der Waals surface area contributed by atoms with E-state index in [2.05, 4.69) is 18.2 Å². The lowest BCUT2D eigenvalue weighted by molar-refractivity contribution is 0.530. The first-order valence-corrected chi connectivity index (χ1v) is 4.22. The van der Waals surface area contributed by atoms with Crippen LogP contribution in [0.2, 0.25) is 0 Å². The Labute approximate surface area is 77.5 Å². The minimum atomic E-state index is -0.401. The Hall–Kier alpha value is -1.79. The normalized spacial score (nSPS) is 27.3. The number of hydrogen-bond acceptors (Lipinski definition) is 3. The molecule has 0 radical (unpaired) electrons. The van der Waals surface area contributed by atoms with Gasteiger partial charge in [-0.25, -0.2) is 0 Å². The highest BCUT2D eigenvalue weighted by Gasteiger charge is 2.22. The Balaban J connectivity index is 2.90. The summed E-state index contributed by atoms with van der Waals surface area (Å²) in [6, 6.07) is 6.23. The fraction of sp³-hybridized carbons (Fsp3) is 0.500. The van der Waals surface area contributed by atoms with Gasteiger partial charge in [-0.05, 0) is 19.3 Å². The molecule has 3 nitrogen and oxygen atoms in total. The molecule has 1 rings (SSSR count).